The van der Waals surface area contributed by atoms with Gasteiger partial charge in [-0.1, -0.05) is 5.16 Å². The summed E-state index contributed by atoms with van der Waals surface area (Å²) in [5.41, 5.74) is 3.29. The zero-order valence-electron chi connectivity index (χ0n) is 14.1. The number of hydrogen-bond donors (Lipinski definition) is 1. The van der Waals surface area contributed by atoms with E-state index >= 15 is 0 Å². The van der Waals surface area contributed by atoms with Crippen LogP contribution in [0.5, 0.6) is 0 Å². The van der Waals surface area contributed by atoms with Gasteiger partial charge in [-0.15, -0.1) is 0 Å². The number of aromatic nitrogens is 3. The van der Waals surface area contributed by atoms with Gasteiger partial charge < -0.3 is 14.6 Å². The van der Waals surface area contributed by atoms with Gasteiger partial charge in [-0.2, -0.15) is 0 Å². The average molecular weight is 316 g/mol. The Morgan fingerprint density at radius 1 is 1.26 bits per heavy atom. The Morgan fingerprint density at radius 3 is 2.83 bits per heavy atom. The van der Waals surface area contributed by atoms with Crippen molar-refractivity contribution < 1.29 is 9.26 Å². The summed E-state index contributed by atoms with van der Waals surface area (Å²) in [5, 5.41) is 7.40. The number of ether oxygens (including phenoxy) is 1. The Morgan fingerprint density at radius 2 is 2.13 bits per heavy atom. The quantitative estimate of drug-likeness (QED) is 0.826. The maximum absolute atomic E-state index is 5.46. The second-order valence-electron chi connectivity index (χ2n) is 6.12. The van der Waals surface area contributed by atoms with E-state index in [0.29, 0.717) is 5.92 Å². The lowest BCUT2D eigenvalue weighted by Crippen LogP contribution is -2.09. The molecule has 1 aliphatic heterocycles. The van der Waals surface area contributed by atoms with Crippen molar-refractivity contribution in [1.82, 2.24) is 15.1 Å². The van der Waals surface area contributed by atoms with Crippen LogP contribution >= 0.6 is 0 Å². The Kier molecular flexibility index (Phi) is 4.91. The van der Waals surface area contributed by atoms with Crippen LogP contribution in [-0.2, 0) is 11.2 Å². The van der Waals surface area contributed by atoms with Crippen molar-refractivity contribution in [1.29, 1.82) is 0 Å². The van der Waals surface area contributed by atoms with Crippen LogP contribution in [0.15, 0.2) is 10.6 Å². The number of rotatable bonds is 6. The molecule has 1 atom stereocenters. The van der Waals surface area contributed by atoms with Crippen molar-refractivity contribution in [2.24, 2.45) is 0 Å². The largest absolute Gasteiger partial charge is 0.381 e. The molecule has 1 aliphatic rings. The highest BCUT2D eigenvalue weighted by Gasteiger charge is 2.20. The molecular weight excluding hydrogens is 292 g/mol. The summed E-state index contributed by atoms with van der Waals surface area (Å²) in [7, 11) is 0. The first-order chi connectivity index (χ1) is 11.1. The molecular formula is C17H24N4O2. The molecule has 0 saturated carbocycles. The van der Waals surface area contributed by atoms with E-state index in [4.69, 9.17) is 9.26 Å². The van der Waals surface area contributed by atoms with Crippen molar-refractivity contribution in [2.75, 3.05) is 25.1 Å². The van der Waals surface area contributed by atoms with Crippen LogP contribution in [0.25, 0.3) is 0 Å². The highest BCUT2D eigenvalue weighted by Crippen LogP contribution is 2.25. The minimum absolute atomic E-state index is 0.402. The van der Waals surface area contributed by atoms with Gasteiger partial charge in [0.25, 0.3) is 0 Å². The van der Waals surface area contributed by atoms with Crippen LogP contribution in [-0.4, -0.2) is 34.9 Å². The fourth-order valence-electron chi connectivity index (χ4n) is 3.00. The van der Waals surface area contributed by atoms with E-state index in [1.807, 2.05) is 20.8 Å². The van der Waals surface area contributed by atoms with Crippen molar-refractivity contribution in [3.8, 4) is 0 Å². The molecule has 6 nitrogen and oxygen atoms in total. The van der Waals surface area contributed by atoms with Crippen molar-refractivity contribution in [3.05, 3.63) is 34.6 Å². The maximum atomic E-state index is 5.46. The standard InChI is InChI=1S/C17H24N4O2/c1-11-15(12(2)23-21-11)5-4-7-18-17-9-16(19-13(3)20-17)14-6-8-22-10-14/h9,14H,4-8,10H2,1-3H3,(H,18,19,20)/t14-/m1/s1. The Hall–Kier alpha value is -1.95. The van der Waals surface area contributed by atoms with Gasteiger partial charge in [-0.05, 0) is 40.0 Å². The van der Waals surface area contributed by atoms with Crippen LogP contribution in [0.4, 0.5) is 5.82 Å². The summed E-state index contributed by atoms with van der Waals surface area (Å²) in [6, 6.07) is 2.06. The van der Waals surface area contributed by atoms with Gasteiger partial charge in [0.05, 0.1) is 18.0 Å². The van der Waals surface area contributed by atoms with E-state index in [-0.39, 0.29) is 0 Å². The number of anilines is 1. The predicted molar refractivity (Wildman–Crippen MR) is 87.7 cm³/mol. The highest BCUT2D eigenvalue weighted by atomic mass is 16.5. The van der Waals surface area contributed by atoms with Crippen LogP contribution in [0, 0.1) is 20.8 Å². The molecule has 0 bridgehead atoms. The normalized spacial score (nSPS) is 17.6. The number of aryl methyl sites for hydroxylation is 3. The second-order valence-corrected chi connectivity index (χ2v) is 6.12. The van der Waals surface area contributed by atoms with E-state index < -0.39 is 0 Å². The van der Waals surface area contributed by atoms with E-state index in [1.165, 1.54) is 5.56 Å². The van der Waals surface area contributed by atoms with Crippen LogP contribution in [0.2, 0.25) is 0 Å². The average Bonchev–Trinajstić information content (AvgIpc) is 3.15. The fourth-order valence-corrected chi connectivity index (χ4v) is 3.00. The van der Waals surface area contributed by atoms with Gasteiger partial charge in [-0.25, -0.2) is 9.97 Å². The molecule has 6 heteroatoms. The topological polar surface area (TPSA) is 73.1 Å². The maximum Gasteiger partial charge on any atom is 0.137 e. The molecule has 1 N–H and O–H groups in total. The van der Waals surface area contributed by atoms with Crippen molar-refractivity contribution in [2.45, 2.75) is 46.0 Å². The summed E-state index contributed by atoms with van der Waals surface area (Å²) >= 11 is 0. The zero-order chi connectivity index (χ0) is 16.2. The monoisotopic (exact) mass is 316 g/mol. The molecule has 2 aromatic rings. The SMILES string of the molecule is Cc1nc(NCCCc2c(C)noc2C)cc([C@@H]2CCOC2)n1. The summed E-state index contributed by atoms with van der Waals surface area (Å²) in [6.07, 6.45) is 3.01. The van der Waals surface area contributed by atoms with Gasteiger partial charge in [-0.3, -0.25) is 0 Å². The van der Waals surface area contributed by atoms with E-state index in [2.05, 4.69) is 26.5 Å². The summed E-state index contributed by atoms with van der Waals surface area (Å²) < 4.78 is 10.7. The lowest BCUT2D eigenvalue weighted by Gasteiger charge is -2.11. The first-order valence-corrected chi connectivity index (χ1v) is 8.22. The third-order valence-corrected chi connectivity index (χ3v) is 4.30. The Balaban J connectivity index is 1.55. The second kappa shape index (κ2) is 7.08. The lowest BCUT2D eigenvalue weighted by molar-refractivity contribution is 0.193. The zero-order valence-corrected chi connectivity index (χ0v) is 14.1. The predicted octanol–water partition coefficient (Wildman–Crippen LogP) is 2.94. The third kappa shape index (κ3) is 3.88. The molecule has 3 heterocycles. The first-order valence-electron chi connectivity index (χ1n) is 8.22. The van der Waals surface area contributed by atoms with Crippen LogP contribution in [0.3, 0.4) is 0 Å². The van der Waals surface area contributed by atoms with Gasteiger partial charge in [0.15, 0.2) is 0 Å². The first kappa shape index (κ1) is 15.9. The Bertz CT molecular complexity index is 643. The fraction of sp³-hybridized carbons (Fsp3) is 0.588. The molecule has 1 saturated heterocycles. The van der Waals surface area contributed by atoms with Gasteiger partial charge in [0, 0.05) is 30.7 Å². The molecule has 0 unspecified atom stereocenters. The number of nitrogens with zero attached hydrogens (tertiary/aromatic N) is 3. The van der Waals surface area contributed by atoms with E-state index in [9.17, 15) is 0 Å². The number of hydrogen-bond acceptors (Lipinski definition) is 6. The van der Waals surface area contributed by atoms with Crippen LogP contribution in [0.1, 0.15) is 47.3 Å². The number of nitrogens with one attached hydrogen (secondary N) is 1. The summed E-state index contributed by atoms with van der Waals surface area (Å²) in [6.45, 7) is 8.35. The van der Waals surface area contributed by atoms with E-state index in [1.54, 1.807) is 0 Å². The lowest BCUT2D eigenvalue weighted by atomic mass is 10.0. The molecule has 1 fully saturated rings. The third-order valence-electron chi connectivity index (χ3n) is 4.30. The molecule has 0 aliphatic carbocycles. The molecule has 0 spiro atoms. The van der Waals surface area contributed by atoms with Crippen LogP contribution < -0.4 is 5.32 Å². The minimum Gasteiger partial charge on any atom is -0.381 e. The molecule has 0 amide bonds. The molecule has 0 radical (unpaired) electrons. The van der Waals surface area contributed by atoms with Gasteiger partial charge in [0.2, 0.25) is 0 Å². The molecule has 23 heavy (non-hydrogen) atoms. The van der Waals surface area contributed by atoms with E-state index in [0.717, 1.165) is 67.8 Å². The molecule has 2 aromatic heterocycles. The Labute approximate surface area is 136 Å². The molecule has 124 valence electrons. The summed E-state index contributed by atoms with van der Waals surface area (Å²) in [4.78, 5) is 9.04. The smallest absolute Gasteiger partial charge is 0.137 e. The van der Waals surface area contributed by atoms with Crippen molar-refractivity contribution in [3.63, 3.8) is 0 Å². The summed E-state index contributed by atoms with van der Waals surface area (Å²) in [5.74, 6) is 3.03. The van der Waals surface area contributed by atoms with Crippen molar-refractivity contribution >= 4 is 5.82 Å². The molecule has 0 aromatic carbocycles. The van der Waals surface area contributed by atoms with Gasteiger partial charge >= 0.3 is 0 Å². The highest BCUT2D eigenvalue weighted by molar-refractivity contribution is 5.37. The minimum atomic E-state index is 0.402. The van der Waals surface area contributed by atoms with Gasteiger partial charge in [0.1, 0.15) is 17.4 Å². The molecule has 3 rings (SSSR count).